The van der Waals surface area contributed by atoms with Crippen molar-refractivity contribution in [3.05, 3.63) is 82.5 Å². The first kappa shape index (κ1) is 21.1. The van der Waals surface area contributed by atoms with E-state index in [4.69, 9.17) is 14.6 Å². The van der Waals surface area contributed by atoms with E-state index in [0.717, 1.165) is 0 Å². The van der Waals surface area contributed by atoms with E-state index in [1.807, 2.05) is 0 Å². The van der Waals surface area contributed by atoms with Gasteiger partial charge in [0.25, 0.3) is 5.91 Å². The van der Waals surface area contributed by atoms with Crippen LogP contribution in [0.15, 0.2) is 75.0 Å². The highest BCUT2D eigenvalue weighted by Gasteiger charge is 2.30. The fourth-order valence-electron chi connectivity index (χ4n) is 2.96. The number of carbonyl (C=O) groups is 3. The molecule has 8 nitrogen and oxygen atoms in total. The molecule has 9 heteroatoms. The maximum absolute atomic E-state index is 12.6. The lowest BCUT2D eigenvalue weighted by atomic mass is 10.1. The molecule has 3 aromatic rings. The number of hydrogen-bond donors (Lipinski definition) is 2. The lowest BCUT2D eigenvalue weighted by molar-refractivity contribution is -0.121. The van der Waals surface area contributed by atoms with Crippen LogP contribution >= 0.6 is 11.8 Å². The smallest absolute Gasteiger partial charge is 0.335 e. The van der Waals surface area contributed by atoms with Crippen LogP contribution in [0.4, 0.5) is 5.69 Å². The summed E-state index contributed by atoms with van der Waals surface area (Å²) >= 11 is 1.17. The molecular weight excluding hydrogens is 432 g/mol. The number of aliphatic imine (C=N–C) groups is 1. The Morgan fingerprint density at radius 1 is 1.00 bits per heavy atom. The molecule has 0 aliphatic carbocycles. The van der Waals surface area contributed by atoms with Crippen molar-refractivity contribution in [2.24, 2.45) is 4.99 Å². The number of carboxylic acids is 2. The molecule has 1 aliphatic heterocycles. The van der Waals surface area contributed by atoms with E-state index in [2.05, 4.69) is 4.99 Å². The lowest BCUT2D eigenvalue weighted by Gasteiger charge is -2.07. The van der Waals surface area contributed by atoms with Crippen LogP contribution in [0.25, 0.3) is 17.4 Å². The van der Waals surface area contributed by atoms with Gasteiger partial charge < -0.3 is 14.6 Å². The molecule has 0 bridgehead atoms. The third-order valence-corrected chi connectivity index (χ3v) is 5.70. The average Bonchev–Trinajstić information content (AvgIpc) is 3.35. The van der Waals surface area contributed by atoms with Gasteiger partial charge in [-0.05, 0) is 60.3 Å². The van der Waals surface area contributed by atoms with E-state index in [-0.39, 0.29) is 17.0 Å². The number of carbonyl (C=O) groups excluding carboxylic acids is 1. The second kappa shape index (κ2) is 8.56. The fraction of sp³-hybridized carbons (Fsp3) is 0.0435. The van der Waals surface area contributed by atoms with Crippen LogP contribution in [-0.4, -0.2) is 45.2 Å². The van der Waals surface area contributed by atoms with Gasteiger partial charge in [0.05, 0.1) is 21.7 Å². The summed E-state index contributed by atoms with van der Waals surface area (Å²) in [5, 5.41) is 18.6. The highest BCUT2D eigenvalue weighted by Crippen LogP contribution is 2.34. The largest absolute Gasteiger partial charge is 0.478 e. The number of rotatable bonds is 5. The van der Waals surface area contributed by atoms with Gasteiger partial charge in [0.15, 0.2) is 5.17 Å². The Morgan fingerprint density at radius 3 is 2.41 bits per heavy atom. The second-order valence-corrected chi connectivity index (χ2v) is 7.82. The molecule has 0 radical (unpaired) electrons. The first-order valence-corrected chi connectivity index (χ1v) is 10.2. The molecule has 0 saturated carbocycles. The van der Waals surface area contributed by atoms with Gasteiger partial charge in [-0.3, -0.25) is 9.69 Å². The number of nitrogens with zero attached hydrogens (tertiary/aromatic N) is 2. The second-order valence-electron chi connectivity index (χ2n) is 6.81. The molecule has 2 N–H and O–H groups in total. The molecular formula is C23H16N2O6S. The monoisotopic (exact) mass is 448 g/mol. The van der Waals surface area contributed by atoms with Gasteiger partial charge in [-0.2, -0.15) is 0 Å². The van der Waals surface area contributed by atoms with Crippen molar-refractivity contribution in [3.8, 4) is 11.3 Å². The van der Waals surface area contributed by atoms with Gasteiger partial charge in [0, 0.05) is 18.7 Å². The molecule has 32 heavy (non-hydrogen) atoms. The van der Waals surface area contributed by atoms with Crippen molar-refractivity contribution >= 4 is 46.5 Å². The van der Waals surface area contributed by atoms with E-state index in [0.29, 0.717) is 32.8 Å². The number of amides is 1. The van der Waals surface area contributed by atoms with Crippen molar-refractivity contribution in [2.45, 2.75) is 0 Å². The van der Waals surface area contributed by atoms with Crippen molar-refractivity contribution in [1.82, 2.24) is 4.90 Å². The quantitative estimate of drug-likeness (QED) is 0.548. The Morgan fingerprint density at radius 2 is 1.72 bits per heavy atom. The van der Waals surface area contributed by atoms with Gasteiger partial charge in [-0.25, -0.2) is 14.6 Å². The van der Waals surface area contributed by atoms with Crippen LogP contribution in [0, 0.1) is 0 Å². The summed E-state index contributed by atoms with van der Waals surface area (Å²) < 4.78 is 5.79. The zero-order valence-corrected chi connectivity index (χ0v) is 17.5. The first-order valence-electron chi connectivity index (χ1n) is 9.35. The average molecular weight is 448 g/mol. The number of aromatic carboxylic acids is 2. The van der Waals surface area contributed by atoms with Gasteiger partial charge >= 0.3 is 11.9 Å². The molecule has 160 valence electrons. The molecule has 1 saturated heterocycles. The number of amidine groups is 1. The number of thioether (sulfide) groups is 1. The topological polar surface area (TPSA) is 120 Å². The minimum Gasteiger partial charge on any atom is -0.478 e. The Bertz CT molecular complexity index is 1290. The summed E-state index contributed by atoms with van der Waals surface area (Å²) in [6, 6.07) is 15.8. The van der Waals surface area contributed by atoms with Crippen LogP contribution in [0.3, 0.4) is 0 Å². The normalized spacial score (nSPS) is 16.2. The van der Waals surface area contributed by atoms with Crippen molar-refractivity contribution < 1.29 is 29.0 Å². The summed E-state index contributed by atoms with van der Waals surface area (Å²) in [6.45, 7) is 0. The molecule has 1 aromatic heterocycles. The first-order chi connectivity index (χ1) is 15.3. The van der Waals surface area contributed by atoms with E-state index < -0.39 is 11.9 Å². The number of hydrogen-bond acceptors (Lipinski definition) is 6. The predicted molar refractivity (Wildman–Crippen MR) is 120 cm³/mol. The van der Waals surface area contributed by atoms with Crippen molar-refractivity contribution in [3.63, 3.8) is 0 Å². The SMILES string of the molecule is CN1C(=O)/C(=C/c2ccc(-c3cccc(C(=O)O)c3)o2)SC1=Nc1ccc(C(=O)O)cc1. The highest BCUT2D eigenvalue weighted by atomic mass is 32.2. The number of furan rings is 1. The number of carboxylic acid groups (broad SMARTS) is 2. The lowest BCUT2D eigenvalue weighted by Crippen LogP contribution is -2.23. The number of benzene rings is 2. The molecule has 2 aromatic carbocycles. The van der Waals surface area contributed by atoms with Gasteiger partial charge in [0.2, 0.25) is 0 Å². The molecule has 0 spiro atoms. The zero-order chi connectivity index (χ0) is 22.8. The van der Waals surface area contributed by atoms with Crippen molar-refractivity contribution in [2.75, 3.05) is 7.05 Å². The summed E-state index contributed by atoms with van der Waals surface area (Å²) in [7, 11) is 1.60. The molecule has 1 aliphatic rings. The Kier molecular flexibility index (Phi) is 5.65. The summed E-state index contributed by atoms with van der Waals surface area (Å²) in [6.07, 6.45) is 1.60. The summed E-state index contributed by atoms with van der Waals surface area (Å²) in [5.41, 5.74) is 1.45. The molecule has 4 rings (SSSR count). The number of likely N-dealkylation sites (N-methyl/N-ethyl adjacent to an activating group) is 1. The van der Waals surface area contributed by atoms with Gasteiger partial charge in [0.1, 0.15) is 11.5 Å². The van der Waals surface area contributed by atoms with Crippen LogP contribution in [-0.2, 0) is 4.79 Å². The van der Waals surface area contributed by atoms with Gasteiger partial charge in [-0.15, -0.1) is 0 Å². The molecule has 0 atom stereocenters. The highest BCUT2D eigenvalue weighted by molar-refractivity contribution is 8.18. The van der Waals surface area contributed by atoms with Crippen LogP contribution in [0.1, 0.15) is 26.5 Å². The maximum Gasteiger partial charge on any atom is 0.335 e. The van der Waals surface area contributed by atoms with Crippen LogP contribution in [0.2, 0.25) is 0 Å². The Hall–Kier alpha value is -4.11. The Balaban J connectivity index is 1.56. The van der Waals surface area contributed by atoms with E-state index in [1.54, 1.807) is 49.5 Å². The molecule has 0 unspecified atom stereocenters. The summed E-state index contributed by atoms with van der Waals surface area (Å²) in [5.74, 6) is -1.37. The maximum atomic E-state index is 12.6. The standard InChI is InChI=1S/C23H16N2O6S/c1-25-20(26)19(32-23(25)24-16-7-5-13(6-8-16)21(27)28)12-17-9-10-18(31-17)14-3-2-4-15(11-14)22(29)30/h2-12H,1H3,(H,27,28)(H,29,30)/b19-12-,24-23?. The van der Waals surface area contributed by atoms with E-state index in [1.165, 1.54) is 40.9 Å². The molecule has 1 amide bonds. The van der Waals surface area contributed by atoms with Gasteiger partial charge in [-0.1, -0.05) is 12.1 Å². The Labute approximate surface area is 186 Å². The zero-order valence-electron chi connectivity index (χ0n) is 16.7. The van der Waals surface area contributed by atoms with Crippen molar-refractivity contribution in [1.29, 1.82) is 0 Å². The van der Waals surface area contributed by atoms with Crippen LogP contribution in [0.5, 0.6) is 0 Å². The predicted octanol–water partition coefficient (Wildman–Crippen LogP) is 4.58. The van der Waals surface area contributed by atoms with Crippen LogP contribution < -0.4 is 0 Å². The summed E-state index contributed by atoms with van der Waals surface area (Å²) in [4.78, 5) is 41.0. The molecule has 2 heterocycles. The third kappa shape index (κ3) is 4.33. The van der Waals surface area contributed by atoms with E-state index in [9.17, 15) is 14.4 Å². The minimum absolute atomic E-state index is 0.152. The fourth-order valence-corrected chi connectivity index (χ4v) is 3.93. The minimum atomic E-state index is -1.03. The third-order valence-electron chi connectivity index (χ3n) is 4.64. The van der Waals surface area contributed by atoms with E-state index >= 15 is 0 Å². The molecule has 1 fully saturated rings.